The van der Waals surface area contributed by atoms with E-state index in [1.54, 1.807) is 5.57 Å². The third kappa shape index (κ3) is 4.11. The quantitative estimate of drug-likeness (QED) is 0.569. The molecule has 2 nitrogen and oxygen atoms in total. The summed E-state index contributed by atoms with van der Waals surface area (Å²) in [5.41, 5.74) is 1.57. The summed E-state index contributed by atoms with van der Waals surface area (Å²) < 4.78 is 5.30. The van der Waals surface area contributed by atoms with Crippen LogP contribution in [0, 0.1) is 5.92 Å². The van der Waals surface area contributed by atoms with Gasteiger partial charge in [-0.15, -0.1) is 0 Å². The maximum absolute atomic E-state index is 5.30. The fourth-order valence-electron chi connectivity index (χ4n) is 2.39. The maximum Gasteiger partial charge on any atom is 0.0650 e. The fraction of sp³-hybridized carbons (Fsp3) is 0.714. The van der Waals surface area contributed by atoms with Crippen LogP contribution in [0.5, 0.6) is 0 Å². The van der Waals surface area contributed by atoms with Crippen molar-refractivity contribution in [3.8, 4) is 0 Å². The molecule has 1 aliphatic heterocycles. The van der Waals surface area contributed by atoms with Gasteiger partial charge in [-0.25, -0.2) is 0 Å². The van der Waals surface area contributed by atoms with Gasteiger partial charge in [-0.3, -0.25) is 0 Å². The van der Waals surface area contributed by atoms with Crippen molar-refractivity contribution < 1.29 is 4.74 Å². The van der Waals surface area contributed by atoms with Gasteiger partial charge in [-0.2, -0.15) is 0 Å². The van der Waals surface area contributed by atoms with Crippen LogP contribution < -0.4 is 5.32 Å². The van der Waals surface area contributed by atoms with E-state index in [2.05, 4.69) is 23.5 Å². The summed E-state index contributed by atoms with van der Waals surface area (Å²) in [7, 11) is 0. The van der Waals surface area contributed by atoms with Gasteiger partial charge in [0.25, 0.3) is 0 Å². The summed E-state index contributed by atoms with van der Waals surface area (Å²) in [6.45, 7) is 4.06. The molecule has 1 N–H and O–H groups in total. The van der Waals surface area contributed by atoms with Crippen LogP contribution in [-0.2, 0) is 4.74 Å². The predicted octanol–water partition coefficient (Wildman–Crippen LogP) is 2.67. The molecule has 16 heavy (non-hydrogen) atoms. The van der Waals surface area contributed by atoms with Crippen molar-refractivity contribution in [2.24, 2.45) is 5.92 Å². The van der Waals surface area contributed by atoms with Gasteiger partial charge in [0, 0.05) is 0 Å². The lowest BCUT2D eigenvalue weighted by Gasteiger charge is -2.19. The lowest BCUT2D eigenvalue weighted by atomic mass is 9.94. The van der Waals surface area contributed by atoms with E-state index >= 15 is 0 Å². The average Bonchev–Trinajstić information content (AvgIpc) is 2.37. The van der Waals surface area contributed by atoms with Gasteiger partial charge in [0.1, 0.15) is 0 Å². The Balaban J connectivity index is 1.54. The highest BCUT2D eigenvalue weighted by Crippen LogP contribution is 2.17. The van der Waals surface area contributed by atoms with Crippen LogP contribution in [0.2, 0.25) is 0 Å². The van der Waals surface area contributed by atoms with Crippen LogP contribution in [0.3, 0.4) is 0 Å². The molecule has 2 heteroatoms. The van der Waals surface area contributed by atoms with E-state index in [1.807, 2.05) is 0 Å². The molecular weight excluding hydrogens is 198 g/mol. The van der Waals surface area contributed by atoms with Crippen molar-refractivity contribution in [2.75, 3.05) is 26.3 Å². The van der Waals surface area contributed by atoms with Crippen LogP contribution in [0.4, 0.5) is 0 Å². The summed E-state index contributed by atoms with van der Waals surface area (Å²) in [5, 5.41) is 3.59. The zero-order valence-corrected chi connectivity index (χ0v) is 10.1. The molecule has 1 unspecified atom stereocenters. The highest BCUT2D eigenvalue weighted by molar-refractivity contribution is 5.04. The molecule has 0 aromatic rings. The number of hydrogen-bond donors (Lipinski definition) is 1. The van der Waals surface area contributed by atoms with Gasteiger partial charge in [0.2, 0.25) is 0 Å². The van der Waals surface area contributed by atoms with Crippen molar-refractivity contribution in [1.29, 1.82) is 0 Å². The van der Waals surface area contributed by atoms with E-state index in [1.165, 1.54) is 32.2 Å². The standard InChI is InChI=1S/C14H23NO/c1-2-4-14(5-3-1)12-15-9-6-13-7-10-16-11-8-13/h1-2,7,14-15H,3-6,8-12H2. The largest absolute Gasteiger partial charge is 0.377 e. The molecular formula is C14H23NO. The Morgan fingerprint density at radius 3 is 3.12 bits per heavy atom. The Bertz CT molecular complexity index is 257. The zero-order chi connectivity index (χ0) is 11.1. The van der Waals surface area contributed by atoms with Crippen LogP contribution in [0.15, 0.2) is 23.8 Å². The zero-order valence-electron chi connectivity index (χ0n) is 10.1. The van der Waals surface area contributed by atoms with Crippen molar-refractivity contribution >= 4 is 0 Å². The summed E-state index contributed by atoms with van der Waals surface area (Å²) in [6.07, 6.45) is 13.1. The molecule has 2 aliphatic rings. The predicted molar refractivity (Wildman–Crippen MR) is 67.5 cm³/mol. The lowest BCUT2D eigenvalue weighted by molar-refractivity contribution is 0.153. The third-order valence-corrected chi connectivity index (χ3v) is 3.49. The first-order valence-corrected chi connectivity index (χ1v) is 6.56. The Morgan fingerprint density at radius 2 is 2.38 bits per heavy atom. The third-order valence-electron chi connectivity index (χ3n) is 3.49. The van der Waals surface area contributed by atoms with Crippen LogP contribution in [0.1, 0.15) is 32.1 Å². The molecule has 1 aliphatic carbocycles. The van der Waals surface area contributed by atoms with Crippen LogP contribution >= 0.6 is 0 Å². The number of hydrogen-bond acceptors (Lipinski definition) is 2. The highest BCUT2D eigenvalue weighted by Gasteiger charge is 2.09. The van der Waals surface area contributed by atoms with Crippen LogP contribution in [0.25, 0.3) is 0 Å². The number of nitrogens with one attached hydrogen (secondary N) is 1. The minimum Gasteiger partial charge on any atom is -0.377 e. The second-order valence-corrected chi connectivity index (χ2v) is 4.79. The van der Waals surface area contributed by atoms with Crippen molar-refractivity contribution in [3.05, 3.63) is 23.8 Å². The molecule has 0 saturated heterocycles. The van der Waals surface area contributed by atoms with Gasteiger partial charge in [-0.1, -0.05) is 23.8 Å². The first kappa shape index (κ1) is 11.9. The Morgan fingerprint density at radius 1 is 1.38 bits per heavy atom. The van der Waals surface area contributed by atoms with E-state index in [9.17, 15) is 0 Å². The molecule has 0 bridgehead atoms. The van der Waals surface area contributed by atoms with E-state index in [0.717, 1.165) is 32.1 Å². The monoisotopic (exact) mass is 221 g/mol. The summed E-state index contributed by atoms with van der Waals surface area (Å²) in [6, 6.07) is 0. The minimum absolute atomic E-state index is 0.822. The molecule has 0 spiro atoms. The Hall–Kier alpha value is -0.600. The Kier molecular flexibility index (Phi) is 5.10. The molecule has 2 rings (SSSR count). The minimum atomic E-state index is 0.822. The molecule has 0 fully saturated rings. The number of allylic oxidation sites excluding steroid dienone is 2. The maximum atomic E-state index is 5.30. The first-order chi connectivity index (χ1) is 7.95. The molecule has 90 valence electrons. The fourth-order valence-corrected chi connectivity index (χ4v) is 2.39. The molecule has 1 heterocycles. The topological polar surface area (TPSA) is 21.3 Å². The normalized spacial score (nSPS) is 25.5. The van der Waals surface area contributed by atoms with Crippen molar-refractivity contribution in [1.82, 2.24) is 5.32 Å². The molecule has 0 saturated carbocycles. The van der Waals surface area contributed by atoms with E-state index in [0.29, 0.717) is 0 Å². The van der Waals surface area contributed by atoms with Crippen molar-refractivity contribution in [3.63, 3.8) is 0 Å². The van der Waals surface area contributed by atoms with Crippen molar-refractivity contribution in [2.45, 2.75) is 32.1 Å². The van der Waals surface area contributed by atoms with Gasteiger partial charge in [-0.05, 0) is 51.1 Å². The van der Waals surface area contributed by atoms with Crippen LogP contribution in [-0.4, -0.2) is 26.3 Å². The van der Waals surface area contributed by atoms with E-state index < -0.39 is 0 Å². The molecule has 0 radical (unpaired) electrons. The molecule has 0 aromatic carbocycles. The van der Waals surface area contributed by atoms with Gasteiger partial charge < -0.3 is 10.1 Å². The average molecular weight is 221 g/mol. The lowest BCUT2D eigenvalue weighted by Crippen LogP contribution is -2.25. The molecule has 1 atom stereocenters. The number of ether oxygens (including phenoxy) is 1. The highest BCUT2D eigenvalue weighted by atomic mass is 16.5. The Labute approximate surface area is 98.8 Å². The first-order valence-electron chi connectivity index (χ1n) is 6.56. The van der Waals surface area contributed by atoms with E-state index in [-0.39, 0.29) is 0 Å². The molecule has 0 amide bonds. The molecule has 0 aromatic heterocycles. The smallest absolute Gasteiger partial charge is 0.0650 e. The van der Waals surface area contributed by atoms with Gasteiger partial charge >= 0.3 is 0 Å². The van der Waals surface area contributed by atoms with Gasteiger partial charge in [0.15, 0.2) is 0 Å². The summed E-state index contributed by atoms with van der Waals surface area (Å²) >= 11 is 0. The second-order valence-electron chi connectivity index (χ2n) is 4.79. The second kappa shape index (κ2) is 6.87. The SMILES string of the molecule is C1=CCC(CNCCC2=CCOCC2)CC1. The summed E-state index contributed by atoms with van der Waals surface area (Å²) in [5.74, 6) is 0.869. The summed E-state index contributed by atoms with van der Waals surface area (Å²) in [4.78, 5) is 0. The van der Waals surface area contributed by atoms with E-state index in [4.69, 9.17) is 4.74 Å². The number of rotatable bonds is 5. The van der Waals surface area contributed by atoms with Gasteiger partial charge in [0.05, 0.1) is 13.2 Å².